The number of anilines is 1. The van der Waals surface area contributed by atoms with Crippen LogP contribution in [0.2, 0.25) is 0 Å². The fourth-order valence-electron chi connectivity index (χ4n) is 1.71. The van der Waals surface area contributed by atoms with Gasteiger partial charge in [0.2, 0.25) is 0 Å². The molecule has 0 saturated heterocycles. The van der Waals surface area contributed by atoms with Crippen molar-refractivity contribution in [1.82, 2.24) is 15.0 Å². The molecule has 108 valence electrons. The zero-order valence-corrected chi connectivity index (χ0v) is 13.4. The van der Waals surface area contributed by atoms with Gasteiger partial charge < -0.3 is 9.73 Å². The van der Waals surface area contributed by atoms with Gasteiger partial charge in [-0.25, -0.2) is 15.0 Å². The summed E-state index contributed by atoms with van der Waals surface area (Å²) in [5, 5.41) is 4.81. The number of aromatic nitrogens is 3. The summed E-state index contributed by atoms with van der Waals surface area (Å²) in [5.74, 6) is 2.57. The molecule has 2 heterocycles. The maximum atomic E-state index is 5.62. The molecule has 0 aliphatic carbocycles. The highest BCUT2D eigenvalue weighted by Crippen LogP contribution is 2.31. The van der Waals surface area contributed by atoms with Gasteiger partial charge in [0.25, 0.3) is 5.22 Å². The second-order valence-corrected chi connectivity index (χ2v) is 5.47. The third kappa shape index (κ3) is 3.12. The third-order valence-corrected chi connectivity index (χ3v) is 3.94. The number of oxazole rings is 1. The molecule has 0 aliphatic rings. The monoisotopic (exact) mass is 292 g/mol. The van der Waals surface area contributed by atoms with Crippen LogP contribution in [0.4, 0.5) is 5.82 Å². The number of nitrogens with zero attached hydrogens (tertiary/aromatic N) is 3. The molecule has 0 aromatic carbocycles. The van der Waals surface area contributed by atoms with Gasteiger partial charge in [0.15, 0.2) is 0 Å². The molecule has 0 radical (unpaired) electrons. The van der Waals surface area contributed by atoms with Crippen LogP contribution in [0.1, 0.15) is 36.7 Å². The van der Waals surface area contributed by atoms with Crippen molar-refractivity contribution in [2.24, 2.45) is 0 Å². The van der Waals surface area contributed by atoms with Gasteiger partial charge in [-0.3, -0.25) is 0 Å². The van der Waals surface area contributed by atoms with Crippen LogP contribution >= 0.6 is 11.8 Å². The van der Waals surface area contributed by atoms with Crippen LogP contribution in [0, 0.1) is 20.8 Å². The van der Waals surface area contributed by atoms with Crippen molar-refractivity contribution in [2.45, 2.75) is 51.3 Å². The Morgan fingerprint density at radius 3 is 2.40 bits per heavy atom. The Balaban J connectivity index is 2.36. The topological polar surface area (TPSA) is 63.8 Å². The zero-order chi connectivity index (χ0) is 14.7. The van der Waals surface area contributed by atoms with Gasteiger partial charge in [0.05, 0.1) is 5.69 Å². The maximum Gasteiger partial charge on any atom is 0.262 e. The zero-order valence-electron chi connectivity index (χ0n) is 12.6. The van der Waals surface area contributed by atoms with E-state index in [0.29, 0.717) is 5.22 Å². The average Bonchev–Trinajstić information content (AvgIpc) is 2.73. The summed E-state index contributed by atoms with van der Waals surface area (Å²) in [6, 6.07) is 0. The highest BCUT2D eigenvalue weighted by molar-refractivity contribution is 7.99. The van der Waals surface area contributed by atoms with E-state index in [1.165, 1.54) is 11.8 Å². The van der Waals surface area contributed by atoms with Crippen LogP contribution in [0.3, 0.4) is 0 Å². The Morgan fingerprint density at radius 1 is 1.10 bits per heavy atom. The highest BCUT2D eigenvalue weighted by atomic mass is 32.2. The predicted octanol–water partition coefficient (Wildman–Crippen LogP) is 3.54. The van der Waals surface area contributed by atoms with Crippen molar-refractivity contribution in [3.63, 3.8) is 0 Å². The molecule has 0 fully saturated rings. The summed E-state index contributed by atoms with van der Waals surface area (Å²) in [6.07, 6.45) is 0.801. The van der Waals surface area contributed by atoms with E-state index in [9.17, 15) is 0 Å². The summed E-state index contributed by atoms with van der Waals surface area (Å²) < 4.78 is 5.62. The van der Waals surface area contributed by atoms with E-state index in [1.54, 1.807) is 0 Å². The van der Waals surface area contributed by atoms with Crippen molar-refractivity contribution in [1.29, 1.82) is 0 Å². The van der Waals surface area contributed by atoms with E-state index in [2.05, 4.69) is 27.2 Å². The molecule has 2 aromatic rings. The van der Waals surface area contributed by atoms with E-state index in [4.69, 9.17) is 4.42 Å². The Kier molecular flexibility index (Phi) is 4.65. The summed E-state index contributed by atoms with van der Waals surface area (Å²) in [4.78, 5) is 13.5. The van der Waals surface area contributed by atoms with Crippen LogP contribution in [0.15, 0.2) is 14.7 Å². The first-order chi connectivity index (χ1) is 9.55. The molecule has 5 nitrogen and oxygen atoms in total. The molecule has 2 rings (SSSR count). The van der Waals surface area contributed by atoms with Crippen molar-refractivity contribution in [2.75, 3.05) is 11.9 Å². The van der Waals surface area contributed by atoms with Crippen LogP contribution < -0.4 is 5.32 Å². The van der Waals surface area contributed by atoms with E-state index in [-0.39, 0.29) is 0 Å². The van der Waals surface area contributed by atoms with Crippen molar-refractivity contribution >= 4 is 17.6 Å². The molecule has 1 N–H and O–H groups in total. The van der Waals surface area contributed by atoms with Gasteiger partial charge >= 0.3 is 0 Å². The summed E-state index contributed by atoms with van der Waals surface area (Å²) in [7, 11) is 0. The predicted molar refractivity (Wildman–Crippen MR) is 80.4 cm³/mol. The lowest BCUT2D eigenvalue weighted by molar-refractivity contribution is 0.431. The Bertz CT molecular complexity index is 590. The first kappa shape index (κ1) is 14.8. The van der Waals surface area contributed by atoms with Gasteiger partial charge in [0, 0.05) is 18.5 Å². The maximum absolute atomic E-state index is 5.62. The molecule has 2 aromatic heterocycles. The molecular weight excluding hydrogens is 272 g/mol. The molecule has 0 bridgehead atoms. The molecular formula is C14H20N4OS. The van der Waals surface area contributed by atoms with Gasteiger partial charge in [0.1, 0.15) is 22.4 Å². The smallest absolute Gasteiger partial charge is 0.262 e. The summed E-state index contributed by atoms with van der Waals surface area (Å²) in [6.45, 7) is 10.8. The lowest BCUT2D eigenvalue weighted by Gasteiger charge is -2.11. The number of nitrogens with one attached hydrogen (secondary N) is 1. The largest absolute Gasteiger partial charge is 0.436 e. The highest BCUT2D eigenvalue weighted by Gasteiger charge is 2.14. The lowest BCUT2D eigenvalue weighted by atomic mass is 10.3. The molecule has 0 atom stereocenters. The second-order valence-electron chi connectivity index (χ2n) is 4.53. The minimum atomic E-state index is 0.631. The van der Waals surface area contributed by atoms with Crippen LogP contribution in [0.25, 0.3) is 0 Å². The minimum absolute atomic E-state index is 0.631. The van der Waals surface area contributed by atoms with Crippen LogP contribution in [-0.4, -0.2) is 21.5 Å². The first-order valence-electron chi connectivity index (χ1n) is 6.78. The Labute approximate surface area is 123 Å². The molecule has 0 aliphatic heterocycles. The van der Waals surface area contributed by atoms with Gasteiger partial charge in [-0.15, -0.1) is 0 Å². The summed E-state index contributed by atoms with van der Waals surface area (Å²) in [5.41, 5.74) is 1.95. The second kappa shape index (κ2) is 6.26. The average molecular weight is 292 g/mol. The molecule has 0 unspecified atom stereocenters. The van der Waals surface area contributed by atoms with E-state index in [1.807, 2.05) is 27.7 Å². The van der Waals surface area contributed by atoms with Gasteiger partial charge in [-0.2, -0.15) is 0 Å². The number of hydrogen-bond acceptors (Lipinski definition) is 6. The SMILES string of the molecule is CCNc1nc(CC)nc(Sc2nc(C)c(C)o2)c1C. The number of hydrogen-bond donors (Lipinski definition) is 1. The quantitative estimate of drug-likeness (QED) is 0.850. The molecule has 0 spiro atoms. The third-order valence-electron chi connectivity index (χ3n) is 3.00. The normalized spacial score (nSPS) is 10.8. The van der Waals surface area contributed by atoms with Gasteiger partial charge in [-0.05, 0) is 39.5 Å². The van der Waals surface area contributed by atoms with E-state index < -0.39 is 0 Å². The number of aryl methyl sites for hydroxylation is 3. The van der Waals surface area contributed by atoms with Gasteiger partial charge in [-0.1, -0.05) is 6.92 Å². The van der Waals surface area contributed by atoms with Crippen molar-refractivity contribution in [3.8, 4) is 0 Å². The molecule has 0 saturated carbocycles. The van der Waals surface area contributed by atoms with E-state index >= 15 is 0 Å². The standard InChI is InChI=1S/C14H20N4OS/c1-6-11-17-12(15-7-2)8(3)13(18-11)20-14-16-9(4)10(5)19-14/h6-7H2,1-5H3,(H,15,17,18). The minimum Gasteiger partial charge on any atom is -0.436 e. The Hall–Kier alpha value is -1.56. The lowest BCUT2D eigenvalue weighted by Crippen LogP contribution is -2.07. The van der Waals surface area contributed by atoms with Crippen molar-refractivity contribution in [3.05, 3.63) is 22.8 Å². The molecule has 20 heavy (non-hydrogen) atoms. The van der Waals surface area contributed by atoms with Crippen LogP contribution in [0.5, 0.6) is 0 Å². The fourth-order valence-corrected chi connectivity index (χ4v) is 2.62. The first-order valence-corrected chi connectivity index (χ1v) is 7.60. The van der Waals surface area contributed by atoms with E-state index in [0.717, 1.165) is 46.7 Å². The van der Waals surface area contributed by atoms with Crippen LogP contribution in [-0.2, 0) is 6.42 Å². The number of rotatable bonds is 5. The molecule has 0 amide bonds. The summed E-state index contributed by atoms with van der Waals surface area (Å²) >= 11 is 1.45. The molecule has 6 heteroatoms. The fraction of sp³-hybridized carbons (Fsp3) is 0.500. The Morgan fingerprint density at radius 2 is 1.85 bits per heavy atom. The van der Waals surface area contributed by atoms with Crippen molar-refractivity contribution < 1.29 is 4.42 Å².